The van der Waals surface area contributed by atoms with Gasteiger partial charge in [-0.1, -0.05) is 0 Å². The summed E-state index contributed by atoms with van der Waals surface area (Å²) in [6.45, 7) is 6.36. The minimum Gasteiger partial charge on any atom is -0.314 e. The van der Waals surface area contributed by atoms with Crippen LogP contribution in [-0.2, 0) is 0 Å². The van der Waals surface area contributed by atoms with Gasteiger partial charge in [0.1, 0.15) is 0 Å². The topological polar surface area (TPSA) is 15.3 Å². The molecular weight excluding hydrogens is 171 g/mol. The van der Waals surface area contributed by atoms with Crippen molar-refractivity contribution in [1.82, 2.24) is 10.2 Å². The minimum atomic E-state index is 0. The molecule has 1 aliphatic rings. The number of hydrogen-bond acceptors (Lipinski definition) is 2. The van der Waals surface area contributed by atoms with Crippen molar-refractivity contribution >= 4 is 24.0 Å². The van der Waals surface area contributed by atoms with Crippen molar-refractivity contribution in [3.63, 3.8) is 0 Å². The summed E-state index contributed by atoms with van der Waals surface area (Å²) in [6.07, 6.45) is 0. The van der Waals surface area contributed by atoms with Gasteiger partial charge < -0.3 is 5.32 Å². The zero-order valence-corrected chi connectivity index (χ0v) is 7.71. The van der Waals surface area contributed by atoms with Crippen LogP contribution in [0.1, 0.15) is 6.92 Å². The lowest BCUT2D eigenvalue weighted by molar-refractivity contribution is 0.231. The van der Waals surface area contributed by atoms with Crippen LogP contribution in [0, 0.1) is 0 Å². The maximum Gasteiger partial charge on any atom is 0.0822 e. The van der Waals surface area contributed by atoms with Crippen molar-refractivity contribution in [2.75, 3.05) is 26.2 Å². The van der Waals surface area contributed by atoms with Crippen LogP contribution < -0.4 is 5.32 Å². The SMILES string of the molecule is CC(Cl)N1CCNCC1.Cl. The lowest BCUT2D eigenvalue weighted by Crippen LogP contribution is -2.45. The van der Waals surface area contributed by atoms with Crippen LogP contribution in [0.5, 0.6) is 0 Å². The molecule has 1 atom stereocenters. The van der Waals surface area contributed by atoms with E-state index in [4.69, 9.17) is 11.6 Å². The summed E-state index contributed by atoms with van der Waals surface area (Å²) >= 11 is 5.85. The second-order valence-electron chi connectivity index (χ2n) is 2.36. The molecule has 4 heteroatoms. The van der Waals surface area contributed by atoms with Gasteiger partial charge in [-0.2, -0.15) is 0 Å². The zero-order valence-electron chi connectivity index (χ0n) is 6.14. The Kier molecular flexibility index (Phi) is 5.45. The van der Waals surface area contributed by atoms with E-state index >= 15 is 0 Å². The van der Waals surface area contributed by atoms with Crippen LogP contribution in [0.3, 0.4) is 0 Å². The quantitative estimate of drug-likeness (QED) is 0.482. The average Bonchev–Trinajstić information content (AvgIpc) is 1.90. The molecule has 0 radical (unpaired) electrons. The van der Waals surface area contributed by atoms with Crippen molar-refractivity contribution in [2.45, 2.75) is 12.4 Å². The number of nitrogens with zero attached hydrogens (tertiary/aromatic N) is 1. The Morgan fingerprint density at radius 1 is 1.40 bits per heavy atom. The lowest BCUT2D eigenvalue weighted by atomic mass is 10.4. The van der Waals surface area contributed by atoms with E-state index in [0.29, 0.717) is 0 Å². The van der Waals surface area contributed by atoms with E-state index in [1.165, 1.54) is 0 Å². The summed E-state index contributed by atoms with van der Waals surface area (Å²) in [6, 6.07) is 0. The van der Waals surface area contributed by atoms with Crippen LogP contribution in [-0.4, -0.2) is 36.6 Å². The fraction of sp³-hybridized carbons (Fsp3) is 1.00. The van der Waals surface area contributed by atoms with E-state index in [9.17, 15) is 0 Å². The Labute approximate surface area is 73.3 Å². The molecule has 2 nitrogen and oxygen atoms in total. The summed E-state index contributed by atoms with van der Waals surface area (Å²) in [4.78, 5) is 2.26. The lowest BCUT2D eigenvalue weighted by Gasteiger charge is -2.28. The molecule has 1 aliphatic heterocycles. The smallest absolute Gasteiger partial charge is 0.0822 e. The molecule has 0 amide bonds. The number of hydrogen-bond donors (Lipinski definition) is 1. The van der Waals surface area contributed by atoms with Gasteiger partial charge >= 0.3 is 0 Å². The Morgan fingerprint density at radius 2 is 1.90 bits per heavy atom. The molecule has 0 aromatic heterocycles. The zero-order chi connectivity index (χ0) is 6.69. The summed E-state index contributed by atoms with van der Waals surface area (Å²) in [5.74, 6) is 0. The molecule has 0 aromatic rings. The second-order valence-corrected chi connectivity index (χ2v) is 2.99. The van der Waals surface area contributed by atoms with Gasteiger partial charge in [-0.25, -0.2) is 0 Å². The van der Waals surface area contributed by atoms with Crippen molar-refractivity contribution < 1.29 is 0 Å². The van der Waals surface area contributed by atoms with E-state index in [-0.39, 0.29) is 17.9 Å². The van der Waals surface area contributed by atoms with E-state index in [0.717, 1.165) is 26.2 Å². The fourth-order valence-corrected chi connectivity index (χ4v) is 1.23. The largest absolute Gasteiger partial charge is 0.314 e. The average molecular weight is 185 g/mol. The van der Waals surface area contributed by atoms with Crippen LogP contribution in [0.25, 0.3) is 0 Å². The first kappa shape index (κ1) is 10.5. The number of nitrogens with one attached hydrogen (secondary N) is 1. The van der Waals surface area contributed by atoms with Crippen molar-refractivity contribution in [3.05, 3.63) is 0 Å². The Morgan fingerprint density at radius 3 is 2.20 bits per heavy atom. The number of rotatable bonds is 1. The summed E-state index contributed by atoms with van der Waals surface area (Å²) < 4.78 is 0. The first-order valence-corrected chi connectivity index (χ1v) is 3.83. The van der Waals surface area contributed by atoms with Gasteiger partial charge in [-0.3, -0.25) is 4.90 Å². The third-order valence-electron chi connectivity index (χ3n) is 1.65. The maximum absolute atomic E-state index is 5.85. The molecular formula is C6H14Cl2N2. The van der Waals surface area contributed by atoms with Gasteiger partial charge in [-0.05, 0) is 6.92 Å². The van der Waals surface area contributed by atoms with E-state index in [2.05, 4.69) is 10.2 Å². The van der Waals surface area contributed by atoms with Crippen LogP contribution in [0.2, 0.25) is 0 Å². The highest BCUT2D eigenvalue weighted by Crippen LogP contribution is 2.03. The molecule has 1 heterocycles. The fourth-order valence-electron chi connectivity index (χ4n) is 1.04. The highest BCUT2D eigenvalue weighted by Gasteiger charge is 2.12. The Bertz CT molecular complexity index is 81.8. The van der Waals surface area contributed by atoms with Gasteiger partial charge in [0.25, 0.3) is 0 Å². The maximum atomic E-state index is 5.85. The molecule has 1 N–H and O–H groups in total. The molecule has 10 heavy (non-hydrogen) atoms. The molecule has 0 bridgehead atoms. The highest BCUT2D eigenvalue weighted by atomic mass is 35.5. The summed E-state index contributed by atoms with van der Waals surface area (Å²) in [5, 5.41) is 3.27. The first-order chi connectivity index (χ1) is 4.30. The molecule has 0 aliphatic carbocycles. The third kappa shape index (κ3) is 3.06. The van der Waals surface area contributed by atoms with E-state index in [1.807, 2.05) is 6.92 Å². The number of piperazine rings is 1. The van der Waals surface area contributed by atoms with Gasteiger partial charge in [0.2, 0.25) is 0 Å². The first-order valence-electron chi connectivity index (χ1n) is 3.39. The van der Waals surface area contributed by atoms with Crippen LogP contribution in [0.4, 0.5) is 0 Å². The predicted molar refractivity (Wildman–Crippen MR) is 47.0 cm³/mol. The highest BCUT2D eigenvalue weighted by molar-refractivity contribution is 6.20. The van der Waals surface area contributed by atoms with Gasteiger partial charge in [0, 0.05) is 26.2 Å². The van der Waals surface area contributed by atoms with Crippen LogP contribution >= 0.6 is 24.0 Å². The van der Waals surface area contributed by atoms with Gasteiger partial charge in [-0.15, -0.1) is 24.0 Å². The van der Waals surface area contributed by atoms with Crippen LogP contribution in [0.15, 0.2) is 0 Å². The normalized spacial score (nSPS) is 23.4. The van der Waals surface area contributed by atoms with Crippen molar-refractivity contribution in [1.29, 1.82) is 0 Å². The molecule has 1 unspecified atom stereocenters. The standard InChI is InChI=1S/C6H13ClN2.ClH/c1-6(7)9-4-2-8-3-5-9;/h6,8H,2-5H2,1H3;1H. The van der Waals surface area contributed by atoms with Gasteiger partial charge in [0.15, 0.2) is 0 Å². The van der Waals surface area contributed by atoms with Crippen molar-refractivity contribution in [2.24, 2.45) is 0 Å². The molecule has 1 rings (SSSR count). The van der Waals surface area contributed by atoms with Crippen molar-refractivity contribution in [3.8, 4) is 0 Å². The number of halogens is 2. The molecule has 0 saturated carbocycles. The summed E-state index contributed by atoms with van der Waals surface area (Å²) in [5.41, 5.74) is 0.201. The second kappa shape index (κ2) is 5.19. The Hall–Kier alpha value is 0.500. The molecule has 1 fully saturated rings. The minimum absolute atomic E-state index is 0. The van der Waals surface area contributed by atoms with Gasteiger partial charge in [0.05, 0.1) is 5.50 Å². The Balaban J connectivity index is 0.000000810. The van der Waals surface area contributed by atoms with E-state index in [1.54, 1.807) is 0 Å². The molecule has 0 aromatic carbocycles. The molecule has 62 valence electrons. The summed E-state index contributed by atoms with van der Waals surface area (Å²) in [7, 11) is 0. The third-order valence-corrected chi connectivity index (χ3v) is 1.93. The van der Waals surface area contributed by atoms with E-state index < -0.39 is 0 Å². The monoisotopic (exact) mass is 184 g/mol. The number of alkyl halides is 1. The molecule has 0 spiro atoms. The predicted octanol–water partition coefficient (Wildman–Crippen LogP) is 0.898. The molecule has 1 saturated heterocycles.